The summed E-state index contributed by atoms with van der Waals surface area (Å²) in [5, 5.41) is 9.44. The monoisotopic (exact) mass is 261 g/mol. The predicted molar refractivity (Wildman–Crippen MR) is 57.6 cm³/mol. The van der Waals surface area contributed by atoms with Crippen LogP contribution >= 0.6 is 15.9 Å². The zero-order chi connectivity index (χ0) is 10.7. The molecule has 0 saturated carbocycles. The molecule has 1 rings (SSSR count). The summed E-state index contributed by atoms with van der Waals surface area (Å²) < 4.78 is 13.7. The summed E-state index contributed by atoms with van der Waals surface area (Å²) in [6.07, 6.45) is 1.62. The number of benzene rings is 1. The maximum atomic E-state index is 13.1. The van der Waals surface area contributed by atoms with Gasteiger partial charge in [0, 0.05) is 16.1 Å². The number of rotatable bonds is 3. The Balaban J connectivity index is 3.07. The first kappa shape index (κ1) is 11.5. The molecule has 0 aliphatic carbocycles. The van der Waals surface area contributed by atoms with Crippen molar-refractivity contribution < 1.29 is 9.50 Å². The minimum absolute atomic E-state index is 0.313. The maximum Gasteiger partial charge on any atom is 0.166 e. The summed E-state index contributed by atoms with van der Waals surface area (Å²) in [6, 6.07) is 2.56. The molecule has 14 heavy (non-hydrogen) atoms. The Bertz CT molecular complexity index is 330. The standard InChI is InChI=1S/C10H13BrFNO/c1-2-3-9(13)7-4-6(11)5-8(12)10(7)14/h4-5,9,14H,2-3,13H2,1H3/t9-/m0/s1. The lowest BCUT2D eigenvalue weighted by molar-refractivity contribution is 0.418. The van der Waals surface area contributed by atoms with Gasteiger partial charge in [0.15, 0.2) is 11.6 Å². The predicted octanol–water partition coefficient (Wildman–Crippen LogP) is 3.09. The summed E-state index contributed by atoms with van der Waals surface area (Å²) in [4.78, 5) is 0. The van der Waals surface area contributed by atoms with Gasteiger partial charge in [-0.2, -0.15) is 0 Å². The van der Waals surface area contributed by atoms with E-state index in [1.165, 1.54) is 6.07 Å². The molecule has 0 aliphatic rings. The van der Waals surface area contributed by atoms with Crippen LogP contribution in [0, 0.1) is 5.82 Å². The molecule has 4 heteroatoms. The van der Waals surface area contributed by atoms with Crippen LogP contribution in [0.5, 0.6) is 5.75 Å². The molecule has 1 aromatic carbocycles. The van der Waals surface area contributed by atoms with Gasteiger partial charge in [0.05, 0.1) is 0 Å². The number of halogens is 2. The van der Waals surface area contributed by atoms with Gasteiger partial charge in [-0.05, 0) is 18.6 Å². The molecule has 3 N–H and O–H groups in total. The average molecular weight is 262 g/mol. The Labute approximate surface area is 91.1 Å². The van der Waals surface area contributed by atoms with Crippen LogP contribution in [0.1, 0.15) is 31.4 Å². The SMILES string of the molecule is CCC[C@H](N)c1cc(Br)cc(F)c1O. The fourth-order valence-corrected chi connectivity index (χ4v) is 1.78. The quantitative estimate of drug-likeness (QED) is 0.879. The molecule has 0 radical (unpaired) electrons. The van der Waals surface area contributed by atoms with Crippen molar-refractivity contribution in [2.45, 2.75) is 25.8 Å². The van der Waals surface area contributed by atoms with Gasteiger partial charge in [-0.25, -0.2) is 4.39 Å². The molecule has 1 aromatic rings. The highest BCUT2D eigenvalue weighted by Gasteiger charge is 2.14. The number of nitrogens with two attached hydrogens (primary N) is 1. The van der Waals surface area contributed by atoms with E-state index in [2.05, 4.69) is 15.9 Å². The van der Waals surface area contributed by atoms with Gasteiger partial charge in [0.25, 0.3) is 0 Å². The summed E-state index contributed by atoms with van der Waals surface area (Å²) in [7, 11) is 0. The molecule has 0 spiro atoms. The zero-order valence-corrected chi connectivity index (χ0v) is 9.51. The Morgan fingerprint density at radius 2 is 2.21 bits per heavy atom. The molecule has 0 saturated heterocycles. The van der Waals surface area contributed by atoms with Crippen molar-refractivity contribution in [3.63, 3.8) is 0 Å². The number of hydrogen-bond donors (Lipinski definition) is 2. The first-order valence-corrected chi connectivity index (χ1v) is 5.29. The van der Waals surface area contributed by atoms with Crippen LogP contribution in [-0.2, 0) is 0 Å². The Kier molecular flexibility index (Phi) is 3.89. The molecule has 78 valence electrons. The van der Waals surface area contributed by atoms with E-state index in [0.29, 0.717) is 10.0 Å². The van der Waals surface area contributed by atoms with Crippen molar-refractivity contribution in [1.82, 2.24) is 0 Å². The lowest BCUT2D eigenvalue weighted by Gasteiger charge is -2.13. The van der Waals surface area contributed by atoms with Gasteiger partial charge in [0.1, 0.15) is 0 Å². The van der Waals surface area contributed by atoms with E-state index in [-0.39, 0.29) is 11.8 Å². The first-order chi connectivity index (χ1) is 6.56. The summed E-state index contributed by atoms with van der Waals surface area (Å²) in [6.45, 7) is 1.99. The van der Waals surface area contributed by atoms with E-state index >= 15 is 0 Å². The molecule has 0 heterocycles. The molecular weight excluding hydrogens is 249 g/mol. The number of hydrogen-bond acceptors (Lipinski definition) is 2. The highest BCUT2D eigenvalue weighted by Crippen LogP contribution is 2.31. The van der Waals surface area contributed by atoms with Gasteiger partial charge in [-0.1, -0.05) is 29.3 Å². The van der Waals surface area contributed by atoms with Crippen molar-refractivity contribution >= 4 is 15.9 Å². The Hall–Kier alpha value is -0.610. The van der Waals surface area contributed by atoms with E-state index in [0.717, 1.165) is 12.8 Å². The van der Waals surface area contributed by atoms with E-state index in [9.17, 15) is 9.50 Å². The number of phenols is 1. The molecule has 0 fully saturated rings. The molecule has 1 atom stereocenters. The smallest absolute Gasteiger partial charge is 0.166 e. The highest BCUT2D eigenvalue weighted by molar-refractivity contribution is 9.10. The third-order valence-corrected chi connectivity index (χ3v) is 2.51. The Morgan fingerprint density at radius 3 is 2.79 bits per heavy atom. The molecule has 0 bridgehead atoms. The average Bonchev–Trinajstić information content (AvgIpc) is 2.11. The van der Waals surface area contributed by atoms with Crippen LogP contribution in [0.2, 0.25) is 0 Å². The van der Waals surface area contributed by atoms with Crippen LogP contribution in [0.15, 0.2) is 16.6 Å². The van der Waals surface area contributed by atoms with Crippen LogP contribution in [0.25, 0.3) is 0 Å². The van der Waals surface area contributed by atoms with Crippen LogP contribution < -0.4 is 5.73 Å². The number of aromatic hydroxyl groups is 1. The summed E-state index contributed by atoms with van der Waals surface area (Å²) >= 11 is 3.16. The molecular formula is C10H13BrFNO. The zero-order valence-electron chi connectivity index (χ0n) is 7.93. The highest BCUT2D eigenvalue weighted by atomic mass is 79.9. The van der Waals surface area contributed by atoms with Crippen molar-refractivity contribution in [3.05, 3.63) is 28.0 Å². The topological polar surface area (TPSA) is 46.2 Å². The number of phenolic OH excluding ortho intramolecular Hbond substituents is 1. The van der Waals surface area contributed by atoms with Gasteiger partial charge < -0.3 is 10.8 Å². The molecule has 0 aliphatic heterocycles. The normalized spacial score (nSPS) is 12.9. The van der Waals surface area contributed by atoms with Gasteiger partial charge in [0.2, 0.25) is 0 Å². The lowest BCUT2D eigenvalue weighted by Crippen LogP contribution is -2.10. The van der Waals surface area contributed by atoms with E-state index in [4.69, 9.17) is 5.73 Å². The third-order valence-electron chi connectivity index (χ3n) is 2.06. The third kappa shape index (κ3) is 2.45. The van der Waals surface area contributed by atoms with E-state index in [1.807, 2.05) is 6.92 Å². The largest absolute Gasteiger partial charge is 0.505 e. The fourth-order valence-electron chi connectivity index (χ4n) is 1.34. The van der Waals surface area contributed by atoms with Crippen molar-refractivity contribution in [2.24, 2.45) is 5.73 Å². The molecule has 2 nitrogen and oxygen atoms in total. The maximum absolute atomic E-state index is 13.1. The second kappa shape index (κ2) is 4.75. The van der Waals surface area contributed by atoms with Crippen molar-refractivity contribution in [2.75, 3.05) is 0 Å². The van der Waals surface area contributed by atoms with Crippen LogP contribution in [0.4, 0.5) is 4.39 Å². The summed E-state index contributed by atoms with van der Waals surface area (Å²) in [5.74, 6) is -0.977. The van der Waals surface area contributed by atoms with Crippen molar-refractivity contribution in [3.8, 4) is 5.75 Å². The molecule has 0 amide bonds. The molecule has 0 unspecified atom stereocenters. The lowest BCUT2D eigenvalue weighted by atomic mass is 10.0. The fraction of sp³-hybridized carbons (Fsp3) is 0.400. The van der Waals surface area contributed by atoms with Crippen LogP contribution in [0.3, 0.4) is 0 Å². The van der Waals surface area contributed by atoms with Crippen molar-refractivity contribution in [1.29, 1.82) is 0 Å². The van der Waals surface area contributed by atoms with Gasteiger partial charge in [-0.15, -0.1) is 0 Å². The second-order valence-corrected chi connectivity index (χ2v) is 4.14. The van der Waals surface area contributed by atoms with E-state index in [1.54, 1.807) is 6.07 Å². The van der Waals surface area contributed by atoms with Gasteiger partial charge >= 0.3 is 0 Å². The molecule has 0 aromatic heterocycles. The summed E-state index contributed by atoms with van der Waals surface area (Å²) in [5.41, 5.74) is 6.25. The van der Waals surface area contributed by atoms with Gasteiger partial charge in [-0.3, -0.25) is 0 Å². The van der Waals surface area contributed by atoms with E-state index < -0.39 is 5.82 Å². The Morgan fingerprint density at radius 1 is 1.57 bits per heavy atom. The minimum Gasteiger partial charge on any atom is -0.505 e. The van der Waals surface area contributed by atoms with Crippen LogP contribution in [-0.4, -0.2) is 5.11 Å². The minimum atomic E-state index is -0.638. The second-order valence-electron chi connectivity index (χ2n) is 3.22. The first-order valence-electron chi connectivity index (χ1n) is 4.49.